The molecule has 2 fully saturated rings. The number of carbonyl (C=O) groups excluding carboxylic acids is 1. The number of aromatic nitrogens is 2. The number of rotatable bonds is 4. The topological polar surface area (TPSA) is 41.4 Å². The van der Waals surface area contributed by atoms with Gasteiger partial charge in [-0.3, -0.25) is 14.4 Å². The predicted octanol–water partition coefficient (Wildman–Crippen LogP) is 3.87. The van der Waals surface area contributed by atoms with Crippen molar-refractivity contribution in [3.05, 3.63) is 48.3 Å². The van der Waals surface area contributed by atoms with Crippen LogP contribution in [0.4, 0.5) is 5.69 Å². The third kappa shape index (κ3) is 3.53. The van der Waals surface area contributed by atoms with Crippen molar-refractivity contribution in [2.75, 3.05) is 24.5 Å². The summed E-state index contributed by atoms with van der Waals surface area (Å²) in [5, 5.41) is 4.45. The fourth-order valence-corrected chi connectivity index (χ4v) is 4.69. The molecule has 0 radical (unpaired) electrons. The van der Waals surface area contributed by atoms with E-state index in [1.165, 1.54) is 5.69 Å². The van der Waals surface area contributed by atoms with Crippen molar-refractivity contribution in [3.63, 3.8) is 0 Å². The Kier molecular flexibility index (Phi) is 5.04. The maximum atomic E-state index is 13.4. The van der Waals surface area contributed by atoms with Crippen LogP contribution in [0, 0.1) is 5.41 Å². The summed E-state index contributed by atoms with van der Waals surface area (Å²) in [7, 11) is 0. The van der Waals surface area contributed by atoms with Crippen molar-refractivity contribution in [3.8, 4) is 0 Å². The third-order valence-electron chi connectivity index (χ3n) is 6.24. The Bertz CT molecular complexity index is 775. The zero-order valence-electron chi connectivity index (χ0n) is 16.5. The van der Waals surface area contributed by atoms with Gasteiger partial charge < -0.3 is 4.90 Å². The molecule has 3 heterocycles. The molecule has 4 rings (SSSR count). The number of amides is 1. The second kappa shape index (κ2) is 7.47. The molecular weight excluding hydrogens is 336 g/mol. The van der Waals surface area contributed by atoms with Gasteiger partial charge in [-0.25, -0.2) is 0 Å². The molecule has 2 aliphatic heterocycles. The largest absolute Gasteiger partial charge is 0.312 e. The molecule has 0 unspecified atom stereocenters. The van der Waals surface area contributed by atoms with Crippen LogP contribution in [0.5, 0.6) is 0 Å². The summed E-state index contributed by atoms with van der Waals surface area (Å²) in [5.74, 6) is 0.340. The van der Waals surface area contributed by atoms with Gasteiger partial charge in [0.1, 0.15) is 0 Å². The number of para-hydroxylation sites is 1. The summed E-state index contributed by atoms with van der Waals surface area (Å²) in [6.07, 6.45) is 5.95. The fourth-order valence-electron chi connectivity index (χ4n) is 4.69. The number of hydrogen-bond donors (Lipinski definition) is 0. The molecule has 27 heavy (non-hydrogen) atoms. The number of benzene rings is 1. The van der Waals surface area contributed by atoms with Gasteiger partial charge in [-0.2, -0.15) is 5.10 Å². The van der Waals surface area contributed by atoms with Gasteiger partial charge in [-0.15, -0.1) is 0 Å². The molecule has 1 amide bonds. The lowest BCUT2D eigenvalue weighted by molar-refractivity contribution is -0.133. The van der Waals surface area contributed by atoms with E-state index in [1.54, 1.807) is 0 Å². The first-order valence-electron chi connectivity index (χ1n) is 10.2. The van der Waals surface area contributed by atoms with E-state index < -0.39 is 0 Å². The van der Waals surface area contributed by atoms with Gasteiger partial charge in [0, 0.05) is 31.0 Å². The van der Waals surface area contributed by atoms with Crippen molar-refractivity contribution < 1.29 is 4.79 Å². The summed E-state index contributed by atoms with van der Waals surface area (Å²) in [6, 6.07) is 12.7. The SMILES string of the molecule is CC(C)n1nccc1CN1CCC2(CCCN(c3ccccc3)C2=O)CC1. The first kappa shape index (κ1) is 18.2. The number of carbonyl (C=O) groups is 1. The smallest absolute Gasteiger partial charge is 0.233 e. The number of anilines is 1. The zero-order valence-corrected chi connectivity index (χ0v) is 16.5. The van der Waals surface area contributed by atoms with Crippen molar-refractivity contribution in [2.24, 2.45) is 5.41 Å². The Morgan fingerprint density at radius 1 is 1.04 bits per heavy atom. The van der Waals surface area contributed by atoms with Crippen LogP contribution < -0.4 is 4.90 Å². The first-order valence-corrected chi connectivity index (χ1v) is 10.2. The standard InChI is InChI=1S/C22H30N4O/c1-18(2)26-20(9-13-23-26)17-24-15-11-22(12-16-24)10-6-14-25(21(22)27)19-7-4-3-5-8-19/h3-5,7-9,13,18H,6,10-12,14-17H2,1-2H3. The normalized spacial score (nSPS) is 20.6. The minimum Gasteiger partial charge on any atom is -0.312 e. The lowest BCUT2D eigenvalue weighted by Crippen LogP contribution is -2.53. The maximum Gasteiger partial charge on any atom is 0.233 e. The highest BCUT2D eigenvalue weighted by Gasteiger charge is 2.45. The van der Waals surface area contributed by atoms with Crippen molar-refractivity contribution >= 4 is 11.6 Å². The minimum absolute atomic E-state index is 0.164. The summed E-state index contributed by atoms with van der Waals surface area (Å²) in [5.41, 5.74) is 2.15. The Morgan fingerprint density at radius 3 is 2.48 bits per heavy atom. The van der Waals surface area contributed by atoms with E-state index >= 15 is 0 Å². The van der Waals surface area contributed by atoms with E-state index in [0.717, 1.165) is 57.5 Å². The third-order valence-corrected chi connectivity index (χ3v) is 6.24. The van der Waals surface area contributed by atoms with Crippen LogP contribution in [-0.2, 0) is 11.3 Å². The van der Waals surface area contributed by atoms with E-state index in [4.69, 9.17) is 0 Å². The van der Waals surface area contributed by atoms with Gasteiger partial charge >= 0.3 is 0 Å². The molecule has 5 nitrogen and oxygen atoms in total. The lowest BCUT2D eigenvalue weighted by atomic mass is 9.71. The second-order valence-electron chi connectivity index (χ2n) is 8.31. The highest BCUT2D eigenvalue weighted by atomic mass is 16.2. The summed E-state index contributed by atoms with van der Waals surface area (Å²) >= 11 is 0. The van der Waals surface area contributed by atoms with Crippen LogP contribution >= 0.6 is 0 Å². The van der Waals surface area contributed by atoms with Gasteiger partial charge in [-0.1, -0.05) is 18.2 Å². The second-order valence-corrected chi connectivity index (χ2v) is 8.31. The molecule has 2 saturated heterocycles. The molecule has 1 aromatic heterocycles. The van der Waals surface area contributed by atoms with E-state index in [9.17, 15) is 4.79 Å². The first-order chi connectivity index (χ1) is 13.1. The monoisotopic (exact) mass is 366 g/mol. The van der Waals surface area contributed by atoms with E-state index in [0.29, 0.717) is 11.9 Å². The maximum absolute atomic E-state index is 13.4. The van der Waals surface area contributed by atoms with Gasteiger partial charge in [0.05, 0.1) is 11.1 Å². The Morgan fingerprint density at radius 2 is 1.78 bits per heavy atom. The lowest BCUT2D eigenvalue weighted by Gasteiger charge is -2.46. The van der Waals surface area contributed by atoms with Crippen LogP contribution in [0.15, 0.2) is 42.6 Å². The molecular formula is C22H30N4O. The fraction of sp³-hybridized carbons (Fsp3) is 0.545. The Balaban J connectivity index is 1.43. The zero-order chi connectivity index (χ0) is 18.9. The van der Waals surface area contributed by atoms with Gasteiger partial charge in [0.25, 0.3) is 0 Å². The molecule has 0 aliphatic carbocycles. The van der Waals surface area contributed by atoms with E-state index in [1.807, 2.05) is 29.3 Å². The summed E-state index contributed by atoms with van der Waals surface area (Å²) in [6.45, 7) is 8.07. The van der Waals surface area contributed by atoms with E-state index in [-0.39, 0.29) is 5.41 Å². The van der Waals surface area contributed by atoms with Gasteiger partial charge in [0.2, 0.25) is 5.91 Å². The molecule has 144 valence electrons. The van der Waals surface area contributed by atoms with Crippen LogP contribution in [0.3, 0.4) is 0 Å². The summed E-state index contributed by atoms with van der Waals surface area (Å²) < 4.78 is 2.10. The van der Waals surface area contributed by atoms with Crippen LogP contribution in [-0.4, -0.2) is 40.2 Å². The number of piperidine rings is 2. The van der Waals surface area contributed by atoms with E-state index in [2.05, 4.69) is 46.7 Å². The molecule has 0 atom stereocenters. The molecule has 1 spiro atoms. The summed E-state index contributed by atoms with van der Waals surface area (Å²) in [4.78, 5) is 17.9. The predicted molar refractivity (Wildman–Crippen MR) is 108 cm³/mol. The molecule has 0 saturated carbocycles. The quantitative estimate of drug-likeness (QED) is 0.825. The Labute approximate surface area is 162 Å². The minimum atomic E-state index is -0.164. The van der Waals surface area contributed by atoms with Crippen LogP contribution in [0.25, 0.3) is 0 Å². The van der Waals surface area contributed by atoms with Crippen LogP contribution in [0.1, 0.15) is 51.3 Å². The molecule has 0 N–H and O–H groups in total. The molecule has 0 bridgehead atoms. The van der Waals surface area contributed by atoms with Crippen molar-refractivity contribution in [1.82, 2.24) is 14.7 Å². The molecule has 1 aromatic carbocycles. The average molecular weight is 367 g/mol. The number of nitrogens with zero attached hydrogens (tertiary/aromatic N) is 4. The van der Waals surface area contributed by atoms with Crippen LogP contribution in [0.2, 0.25) is 0 Å². The van der Waals surface area contributed by atoms with Crippen molar-refractivity contribution in [1.29, 1.82) is 0 Å². The van der Waals surface area contributed by atoms with Gasteiger partial charge in [0.15, 0.2) is 0 Å². The molecule has 5 heteroatoms. The van der Waals surface area contributed by atoms with Crippen molar-refractivity contribution in [2.45, 2.75) is 52.1 Å². The highest BCUT2D eigenvalue weighted by Crippen LogP contribution is 2.42. The Hall–Kier alpha value is -2.14. The highest BCUT2D eigenvalue weighted by molar-refractivity contribution is 5.98. The number of hydrogen-bond acceptors (Lipinski definition) is 3. The number of likely N-dealkylation sites (tertiary alicyclic amines) is 1. The molecule has 2 aromatic rings. The van der Waals surface area contributed by atoms with Gasteiger partial charge in [-0.05, 0) is 70.8 Å². The molecule has 2 aliphatic rings. The average Bonchev–Trinajstić information content (AvgIpc) is 3.15.